The van der Waals surface area contributed by atoms with E-state index in [1.54, 1.807) is 0 Å². The molecule has 1 N–H and O–H groups in total. The predicted molar refractivity (Wildman–Crippen MR) is 76.4 cm³/mol. The minimum Gasteiger partial charge on any atom is -0.359 e. The first-order valence-electron chi connectivity index (χ1n) is 7.97. The Labute approximate surface area is 117 Å². The average molecular weight is 264 g/mol. The zero-order valence-electron chi connectivity index (χ0n) is 12.4. The summed E-state index contributed by atoms with van der Waals surface area (Å²) < 4.78 is 6.08. The Morgan fingerprint density at radius 1 is 1.26 bits per heavy atom. The van der Waals surface area contributed by atoms with E-state index in [0.29, 0.717) is 5.92 Å². The summed E-state index contributed by atoms with van der Waals surface area (Å²) in [6.45, 7) is 5.16. The zero-order valence-corrected chi connectivity index (χ0v) is 12.4. The van der Waals surface area contributed by atoms with Crippen LogP contribution in [0, 0.1) is 29.1 Å². The van der Waals surface area contributed by atoms with Gasteiger partial charge in [-0.3, -0.25) is 5.32 Å². The average Bonchev–Trinajstić information content (AvgIpc) is 2.84. The zero-order chi connectivity index (χ0) is 13.7. The second kappa shape index (κ2) is 7.26. The van der Waals surface area contributed by atoms with Crippen LogP contribution in [-0.4, -0.2) is 18.9 Å². The number of hydrogen-bond acceptors (Lipinski definition) is 3. The number of rotatable bonds is 5. The van der Waals surface area contributed by atoms with Crippen LogP contribution < -0.4 is 5.32 Å². The number of nitriles is 1. The first-order chi connectivity index (χ1) is 9.19. The van der Waals surface area contributed by atoms with Gasteiger partial charge in [-0.25, -0.2) is 0 Å². The third-order valence-electron chi connectivity index (χ3n) is 4.69. The molecule has 0 aromatic carbocycles. The second-order valence-corrected chi connectivity index (χ2v) is 6.61. The molecule has 2 unspecified atom stereocenters. The van der Waals surface area contributed by atoms with Gasteiger partial charge < -0.3 is 4.74 Å². The van der Waals surface area contributed by atoms with E-state index in [2.05, 4.69) is 25.2 Å². The molecule has 0 spiro atoms. The highest BCUT2D eigenvalue weighted by Gasteiger charge is 2.30. The Hall–Kier alpha value is -0.590. The second-order valence-electron chi connectivity index (χ2n) is 6.61. The first-order valence-corrected chi connectivity index (χ1v) is 7.97. The number of ether oxygens (including phenoxy) is 1. The SMILES string of the molecule is CC(C)C(C#N)C[C@H]1CNC(CC2CCCCC2)O1. The van der Waals surface area contributed by atoms with Crippen molar-refractivity contribution in [2.75, 3.05) is 6.54 Å². The maximum absolute atomic E-state index is 9.16. The van der Waals surface area contributed by atoms with Crippen LogP contribution in [0.1, 0.15) is 58.8 Å². The lowest BCUT2D eigenvalue weighted by Crippen LogP contribution is -2.26. The molecule has 3 atom stereocenters. The molecule has 19 heavy (non-hydrogen) atoms. The van der Waals surface area contributed by atoms with Crippen molar-refractivity contribution in [2.24, 2.45) is 17.8 Å². The van der Waals surface area contributed by atoms with Crippen molar-refractivity contribution in [1.82, 2.24) is 5.32 Å². The Kier molecular flexibility index (Phi) is 5.66. The summed E-state index contributed by atoms with van der Waals surface area (Å²) in [5.74, 6) is 1.40. The molecule has 0 bridgehead atoms. The smallest absolute Gasteiger partial charge is 0.108 e. The highest BCUT2D eigenvalue weighted by molar-refractivity contribution is 4.89. The van der Waals surface area contributed by atoms with Crippen LogP contribution in [0.3, 0.4) is 0 Å². The topological polar surface area (TPSA) is 45.0 Å². The van der Waals surface area contributed by atoms with Gasteiger partial charge in [-0.15, -0.1) is 0 Å². The van der Waals surface area contributed by atoms with Gasteiger partial charge >= 0.3 is 0 Å². The fourth-order valence-electron chi connectivity index (χ4n) is 3.35. The van der Waals surface area contributed by atoms with Gasteiger partial charge in [0.2, 0.25) is 0 Å². The molecule has 0 aromatic heterocycles. The van der Waals surface area contributed by atoms with Crippen LogP contribution in [0.15, 0.2) is 0 Å². The molecule has 0 amide bonds. The lowest BCUT2D eigenvalue weighted by molar-refractivity contribution is 0.0133. The van der Waals surface area contributed by atoms with E-state index >= 15 is 0 Å². The molecule has 0 radical (unpaired) electrons. The summed E-state index contributed by atoms with van der Waals surface area (Å²) >= 11 is 0. The van der Waals surface area contributed by atoms with Crippen molar-refractivity contribution >= 4 is 0 Å². The van der Waals surface area contributed by atoms with Crippen molar-refractivity contribution < 1.29 is 4.74 Å². The lowest BCUT2D eigenvalue weighted by atomic mass is 9.86. The number of nitrogens with zero attached hydrogens (tertiary/aromatic N) is 1. The molecule has 1 saturated carbocycles. The molecule has 3 heteroatoms. The molecule has 2 rings (SSSR count). The van der Waals surface area contributed by atoms with Crippen molar-refractivity contribution in [1.29, 1.82) is 5.26 Å². The molecular weight excluding hydrogens is 236 g/mol. The van der Waals surface area contributed by atoms with E-state index in [1.807, 2.05) is 0 Å². The Bertz CT molecular complexity index is 304. The van der Waals surface area contributed by atoms with Crippen LogP contribution in [0.2, 0.25) is 0 Å². The standard InChI is InChI=1S/C16H28N2O/c1-12(2)14(10-17)9-15-11-18-16(19-15)8-13-6-4-3-5-7-13/h12-16,18H,3-9,11H2,1-2H3/t14?,15-,16?/m0/s1. The Morgan fingerprint density at radius 3 is 2.63 bits per heavy atom. The fraction of sp³-hybridized carbons (Fsp3) is 0.938. The molecule has 0 aromatic rings. The Morgan fingerprint density at radius 2 is 2.00 bits per heavy atom. The van der Waals surface area contributed by atoms with Crippen LogP contribution >= 0.6 is 0 Å². The summed E-state index contributed by atoms with van der Waals surface area (Å²) in [6, 6.07) is 2.42. The summed E-state index contributed by atoms with van der Waals surface area (Å²) in [6.07, 6.45) is 9.46. The summed E-state index contributed by atoms with van der Waals surface area (Å²) in [5.41, 5.74) is 0. The van der Waals surface area contributed by atoms with Gasteiger partial charge in [0.05, 0.1) is 18.1 Å². The van der Waals surface area contributed by atoms with Crippen LogP contribution in [0.4, 0.5) is 0 Å². The van der Waals surface area contributed by atoms with Crippen molar-refractivity contribution in [3.8, 4) is 6.07 Å². The highest BCUT2D eigenvalue weighted by Crippen LogP contribution is 2.29. The monoisotopic (exact) mass is 264 g/mol. The summed E-state index contributed by atoms with van der Waals surface area (Å²) in [4.78, 5) is 0. The molecule has 2 aliphatic rings. The normalized spacial score (nSPS) is 30.4. The van der Waals surface area contributed by atoms with Gasteiger partial charge in [0, 0.05) is 6.54 Å². The van der Waals surface area contributed by atoms with Crippen LogP contribution in [0.25, 0.3) is 0 Å². The highest BCUT2D eigenvalue weighted by atomic mass is 16.5. The molecule has 1 heterocycles. The van der Waals surface area contributed by atoms with Gasteiger partial charge in [0.15, 0.2) is 0 Å². The largest absolute Gasteiger partial charge is 0.359 e. The van der Waals surface area contributed by atoms with Gasteiger partial charge in [-0.2, -0.15) is 5.26 Å². The number of hydrogen-bond donors (Lipinski definition) is 1. The van der Waals surface area contributed by atoms with Gasteiger partial charge in [-0.05, 0) is 24.7 Å². The summed E-state index contributed by atoms with van der Waals surface area (Å²) in [7, 11) is 0. The maximum Gasteiger partial charge on any atom is 0.108 e. The molecule has 2 fully saturated rings. The molecule has 1 aliphatic carbocycles. The molecule has 3 nitrogen and oxygen atoms in total. The molecule has 1 aliphatic heterocycles. The van der Waals surface area contributed by atoms with Gasteiger partial charge in [0.1, 0.15) is 6.23 Å². The van der Waals surface area contributed by atoms with E-state index in [-0.39, 0.29) is 18.2 Å². The molecular formula is C16H28N2O. The number of nitrogens with one attached hydrogen (secondary N) is 1. The minimum absolute atomic E-state index is 0.125. The van der Waals surface area contributed by atoms with Crippen molar-refractivity contribution in [3.05, 3.63) is 0 Å². The van der Waals surface area contributed by atoms with Crippen molar-refractivity contribution in [2.45, 2.75) is 71.1 Å². The first kappa shape index (κ1) is 14.8. The third-order valence-corrected chi connectivity index (χ3v) is 4.69. The third kappa shape index (κ3) is 4.47. The quantitative estimate of drug-likeness (QED) is 0.827. The Balaban J connectivity index is 1.72. The molecule has 1 saturated heterocycles. The lowest BCUT2D eigenvalue weighted by Gasteiger charge is -2.24. The maximum atomic E-state index is 9.16. The van der Waals surface area contributed by atoms with E-state index in [1.165, 1.54) is 32.1 Å². The van der Waals surface area contributed by atoms with Crippen molar-refractivity contribution in [3.63, 3.8) is 0 Å². The summed E-state index contributed by atoms with van der Waals surface area (Å²) in [5, 5.41) is 12.6. The van der Waals surface area contributed by atoms with E-state index in [0.717, 1.165) is 25.3 Å². The van der Waals surface area contributed by atoms with E-state index in [9.17, 15) is 0 Å². The van der Waals surface area contributed by atoms with Crippen LogP contribution in [-0.2, 0) is 4.74 Å². The van der Waals surface area contributed by atoms with E-state index in [4.69, 9.17) is 10.00 Å². The fourth-order valence-corrected chi connectivity index (χ4v) is 3.35. The minimum atomic E-state index is 0.125. The van der Waals surface area contributed by atoms with Gasteiger partial charge in [-0.1, -0.05) is 46.0 Å². The van der Waals surface area contributed by atoms with E-state index < -0.39 is 0 Å². The molecule has 108 valence electrons. The van der Waals surface area contributed by atoms with Gasteiger partial charge in [0.25, 0.3) is 0 Å². The van der Waals surface area contributed by atoms with Crippen LogP contribution in [0.5, 0.6) is 0 Å². The predicted octanol–water partition coefficient (Wildman–Crippen LogP) is 3.46.